The lowest BCUT2D eigenvalue weighted by molar-refractivity contribution is 0.270. The maximum atomic E-state index is 2.59. The van der Waals surface area contributed by atoms with Crippen molar-refractivity contribution in [1.29, 1.82) is 0 Å². The highest BCUT2D eigenvalue weighted by Gasteiger charge is 2.21. The monoisotopic (exact) mass is 223 g/mol. The fraction of sp³-hybridized carbons (Fsp3) is 0.867. The zero-order valence-corrected chi connectivity index (χ0v) is 11.4. The van der Waals surface area contributed by atoms with Crippen LogP contribution in [0.15, 0.2) is 12.2 Å². The molecule has 0 saturated carbocycles. The molecular formula is C15H29N. The van der Waals surface area contributed by atoms with Crippen molar-refractivity contribution in [2.75, 3.05) is 13.1 Å². The highest BCUT2D eigenvalue weighted by Crippen LogP contribution is 2.19. The standard InChI is InChI=1S/C15H29N/c1-4-5-6-7-8-9-10-15-11-12-16(13-15)14(2)3/h9-10,14-15H,4-8,11-13H2,1-3H3/b10-9+. The highest BCUT2D eigenvalue weighted by atomic mass is 15.2. The molecule has 1 heterocycles. The van der Waals surface area contributed by atoms with E-state index in [1.54, 1.807) is 0 Å². The van der Waals surface area contributed by atoms with Gasteiger partial charge in [0.2, 0.25) is 0 Å². The van der Waals surface area contributed by atoms with Crippen LogP contribution in [0.3, 0.4) is 0 Å². The normalized spacial score (nSPS) is 22.6. The predicted molar refractivity (Wildman–Crippen MR) is 72.7 cm³/mol. The molecule has 0 N–H and O–H groups in total. The van der Waals surface area contributed by atoms with Crippen molar-refractivity contribution in [2.24, 2.45) is 5.92 Å². The molecule has 0 amide bonds. The average Bonchev–Trinajstić information content (AvgIpc) is 2.72. The minimum Gasteiger partial charge on any atom is -0.300 e. The second kappa shape index (κ2) is 7.89. The Morgan fingerprint density at radius 2 is 2.06 bits per heavy atom. The van der Waals surface area contributed by atoms with Gasteiger partial charge in [-0.2, -0.15) is 0 Å². The average molecular weight is 223 g/mol. The molecule has 94 valence electrons. The number of hydrogen-bond acceptors (Lipinski definition) is 1. The van der Waals surface area contributed by atoms with Crippen molar-refractivity contribution in [3.8, 4) is 0 Å². The Kier molecular flexibility index (Phi) is 6.79. The van der Waals surface area contributed by atoms with Crippen molar-refractivity contribution < 1.29 is 0 Å². The zero-order valence-electron chi connectivity index (χ0n) is 11.4. The van der Waals surface area contributed by atoms with E-state index in [4.69, 9.17) is 0 Å². The summed E-state index contributed by atoms with van der Waals surface area (Å²) in [6, 6.07) is 0.725. The molecule has 0 aromatic heterocycles. The van der Waals surface area contributed by atoms with Gasteiger partial charge in [0, 0.05) is 12.6 Å². The summed E-state index contributed by atoms with van der Waals surface area (Å²) in [5.74, 6) is 0.827. The first kappa shape index (κ1) is 13.8. The third-order valence-electron chi connectivity index (χ3n) is 3.62. The lowest BCUT2D eigenvalue weighted by Crippen LogP contribution is -2.27. The van der Waals surface area contributed by atoms with E-state index in [1.165, 1.54) is 51.6 Å². The summed E-state index contributed by atoms with van der Waals surface area (Å²) >= 11 is 0. The minimum atomic E-state index is 0.725. The van der Waals surface area contributed by atoms with Gasteiger partial charge in [-0.25, -0.2) is 0 Å². The molecular weight excluding hydrogens is 194 g/mol. The van der Waals surface area contributed by atoms with Gasteiger partial charge in [-0.05, 0) is 45.6 Å². The van der Waals surface area contributed by atoms with Crippen LogP contribution in [0.1, 0.15) is 59.3 Å². The van der Waals surface area contributed by atoms with E-state index < -0.39 is 0 Å². The third kappa shape index (κ3) is 5.16. The van der Waals surface area contributed by atoms with Gasteiger partial charge < -0.3 is 4.90 Å². The molecule has 1 saturated heterocycles. The Morgan fingerprint density at radius 1 is 1.25 bits per heavy atom. The molecule has 1 rings (SSSR count). The summed E-state index contributed by atoms with van der Waals surface area (Å²) < 4.78 is 0. The Hall–Kier alpha value is -0.300. The van der Waals surface area contributed by atoms with Gasteiger partial charge >= 0.3 is 0 Å². The van der Waals surface area contributed by atoms with Crippen LogP contribution >= 0.6 is 0 Å². The molecule has 0 aromatic rings. The SMILES string of the molecule is CCCCCC/C=C/C1CCN(C(C)C)C1. The molecule has 1 fully saturated rings. The first-order valence-corrected chi connectivity index (χ1v) is 7.14. The Morgan fingerprint density at radius 3 is 2.69 bits per heavy atom. The Bertz CT molecular complexity index is 196. The first-order valence-electron chi connectivity index (χ1n) is 7.14. The minimum absolute atomic E-state index is 0.725. The number of likely N-dealkylation sites (tertiary alicyclic amines) is 1. The van der Waals surface area contributed by atoms with Crippen molar-refractivity contribution in [3.05, 3.63) is 12.2 Å². The molecule has 0 bridgehead atoms. The van der Waals surface area contributed by atoms with E-state index in [0.717, 1.165) is 12.0 Å². The van der Waals surface area contributed by atoms with E-state index in [0.29, 0.717) is 0 Å². The molecule has 1 unspecified atom stereocenters. The lowest BCUT2D eigenvalue weighted by atomic mass is 10.1. The molecule has 1 atom stereocenters. The fourth-order valence-corrected chi connectivity index (χ4v) is 2.42. The molecule has 16 heavy (non-hydrogen) atoms. The van der Waals surface area contributed by atoms with Crippen LogP contribution in [0.4, 0.5) is 0 Å². The van der Waals surface area contributed by atoms with E-state index in [1.807, 2.05) is 0 Å². The predicted octanol–water partition coefficient (Wildman–Crippen LogP) is 4.24. The van der Waals surface area contributed by atoms with E-state index in [-0.39, 0.29) is 0 Å². The summed E-state index contributed by atoms with van der Waals surface area (Å²) in [7, 11) is 0. The van der Waals surface area contributed by atoms with Crippen LogP contribution in [0.2, 0.25) is 0 Å². The van der Waals surface area contributed by atoms with E-state index >= 15 is 0 Å². The summed E-state index contributed by atoms with van der Waals surface area (Å²) in [4.78, 5) is 2.59. The maximum Gasteiger partial charge on any atom is 0.00475 e. The van der Waals surface area contributed by atoms with Crippen molar-refractivity contribution in [2.45, 2.75) is 65.3 Å². The van der Waals surface area contributed by atoms with Crippen molar-refractivity contribution in [3.63, 3.8) is 0 Å². The van der Waals surface area contributed by atoms with Crippen molar-refractivity contribution >= 4 is 0 Å². The molecule has 0 aromatic carbocycles. The van der Waals surface area contributed by atoms with Gasteiger partial charge in [-0.1, -0.05) is 38.3 Å². The number of unbranched alkanes of at least 4 members (excludes halogenated alkanes) is 4. The van der Waals surface area contributed by atoms with Crippen LogP contribution in [0.25, 0.3) is 0 Å². The largest absolute Gasteiger partial charge is 0.300 e. The van der Waals surface area contributed by atoms with Crippen LogP contribution in [-0.2, 0) is 0 Å². The molecule has 1 nitrogen and oxygen atoms in total. The summed E-state index contributed by atoms with van der Waals surface area (Å²) in [6.45, 7) is 9.45. The van der Waals surface area contributed by atoms with Gasteiger partial charge in [0.1, 0.15) is 0 Å². The number of nitrogens with zero attached hydrogens (tertiary/aromatic N) is 1. The van der Waals surface area contributed by atoms with Gasteiger partial charge in [0.25, 0.3) is 0 Å². The second-order valence-corrected chi connectivity index (χ2v) is 5.41. The summed E-state index contributed by atoms with van der Waals surface area (Å²) in [5.41, 5.74) is 0. The topological polar surface area (TPSA) is 3.24 Å². The lowest BCUT2D eigenvalue weighted by Gasteiger charge is -2.19. The van der Waals surface area contributed by atoms with Crippen LogP contribution < -0.4 is 0 Å². The van der Waals surface area contributed by atoms with Gasteiger partial charge in [0.15, 0.2) is 0 Å². The number of rotatable bonds is 7. The smallest absolute Gasteiger partial charge is 0.00475 e. The van der Waals surface area contributed by atoms with Gasteiger partial charge in [-0.3, -0.25) is 0 Å². The Labute approximate surface area is 102 Å². The van der Waals surface area contributed by atoms with Crippen LogP contribution in [-0.4, -0.2) is 24.0 Å². The number of hydrogen-bond donors (Lipinski definition) is 0. The molecule has 1 aliphatic heterocycles. The molecule has 0 spiro atoms. The third-order valence-corrected chi connectivity index (χ3v) is 3.62. The summed E-state index contributed by atoms with van der Waals surface area (Å²) in [6.07, 6.45) is 13.1. The maximum absolute atomic E-state index is 2.59. The summed E-state index contributed by atoms with van der Waals surface area (Å²) in [5, 5.41) is 0. The quantitative estimate of drug-likeness (QED) is 0.461. The first-order chi connectivity index (χ1) is 7.74. The molecule has 0 radical (unpaired) electrons. The van der Waals surface area contributed by atoms with Gasteiger partial charge in [-0.15, -0.1) is 0 Å². The second-order valence-electron chi connectivity index (χ2n) is 5.41. The van der Waals surface area contributed by atoms with Crippen LogP contribution in [0, 0.1) is 5.92 Å². The molecule has 1 heteroatoms. The zero-order chi connectivity index (χ0) is 11.8. The van der Waals surface area contributed by atoms with E-state index in [2.05, 4.69) is 37.8 Å². The molecule has 0 aliphatic carbocycles. The number of allylic oxidation sites excluding steroid dienone is 1. The van der Waals surface area contributed by atoms with Crippen LogP contribution in [0.5, 0.6) is 0 Å². The Balaban J connectivity index is 2.07. The molecule has 1 aliphatic rings. The van der Waals surface area contributed by atoms with E-state index in [9.17, 15) is 0 Å². The van der Waals surface area contributed by atoms with Crippen molar-refractivity contribution in [1.82, 2.24) is 4.90 Å². The fourth-order valence-electron chi connectivity index (χ4n) is 2.42. The van der Waals surface area contributed by atoms with Gasteiger partial charge in [0.05, 0.1) is 0 Å². The highest BCUT2D eigenvalue weighted by molar-refractivity contribution is 4.94.